The molecule has 0 spiro atoms. The Kier molecular flexibility index (Phi) is 3.50. The van der Waals surface area contributed by atoms with Gasteiger partial charge in [0.2, 0.25) is 0 Å². The highest BCUT2D eigenvalue weighted by Gasteiger charge is 2.32. The number of rotatable bonds is 3. The summed E-state index contributed by atoms with van der Waals surface area (Å²) in [7, 11) is 0. The Balaban J connectivity index is 2.41. The van der Waals surface area contributed by atoms with E-state index in [9.17, 15) is 5.11 Å². The largest absolute Gasteiger partial charge is 0.387 e. The van der Waals surface area contributed by atoms with Crippen molar-refractivity contribution in [2.45, 2.75) is 44.6 Å². The molecule has 0 aromatic heterocycles. The van der Waals surface area contributed by atoms with Gasteiger partial charge in [0, 0.05) is 0 Å². The van der Waals surface area contributed by atoms with E-state index in [2.05, 4.69) is 4.84 Å². The van der Waals surface area contributed by atoms with Crippen LogP contribution in [0, 0.1) is 5.92 Å². The molecule has 0 amide bonds. The predicted octanol–water partition coefficient (Wildman–Crippen LogP) is 1.21. The van der Waals surface area contributed by atoms with Crippen LogP contribution in [0.3, 0.4) is 0 Å². The summed E-state index contributed by atoms with van der Waals surface area (Å²) in [5, 5.41) is 9.93. The Morgan fingerprint density at radius 3 is 2.50 bits per heavy atom. The Morgan fingerprint density at radius 1 is 1.42 bits per heavy atom. The van der Waals surface area contributed by atoms with Crippen molar-refractivity contribution in [3.8, 4) is 0 Å². The lowest BCUT2D eigenvalue weighted by Gasteiger charge is -2.34. The maximum Gasteiger partial charge on any atom is 0.0966 e. The van der Waals surface area contributed by atoms with Crippen LogP contribution in [0.4, 0.5) is 0 Å². The third-order valence-corrected chi connectivity index (χ3v) is 2.86. The molecule has 1 fully saturated rings. The van der Waals surface area contributed by atoms with E-state index < -0.39 is 5.60 Å². The van der Waals surface area contributed by atoms with Gasteiger partial charge in [0.1, 0.15) is 0 Å². The first-order valence-electron chi connectivity index (χ1n) is 4.71. The maximum atomic E-state index is 9.93. The van der Waals surface area contributed by atoms with E-state index >= 15 is 0 Å². The Hall–Kier alpha value is -0.120. The first-order valence-corrected chi connectivity index (χ1v) is 4.71. The van der Waals surface area contributed by atoms with Crippen LogP contribution in [0.25, 0.3) is 0 Å². The fourth-order valence-corrected chi connectivity index (χ4v) is 2.01. The van der Waals surface area contributed by atoms with Crippen molar-refractivity contribution >= 4 is 0 Å². The van der Waals surface area contributed by atoms with Crippen molar-refractivity contribution in [2.75, 3.05) is 6.61 Å². The zero-order valence-corrected chi connectivity index (χ0v) is 7.75. The number of hydrogen-bond donors (Lipinski definition) is 2. The summed E-state index contributed by atoms with van der Waals surface area (Å²) in [6.07, 6.45) is 5.97. The van der Waals surface area contributed by atoms with Crippen LogP contribution in [0.1, 0.15) is 39.0 Å². The maximum absolute atomic E-state index is 9.93. The molecule has 0 heterocycles. The van der Waals surface area contributed by atoms with E-state index in [-0.39, 0.29) is 6.61 Å². The van der Waals surface area contributed by atoms with Gasteiger partial charge in [0.05, 0.1) is 12.2 Å². The minimum absolute atomic E-state index is 0.248. The van der Waals surface area contributed by atoms with E-state index in [0.717, 1.165) is 12.8 Å². The van der Waals surface area contributed by atoms with Gasteiger partial charge in [0.15, 0.2) is 0 Å². The molecule has 0 radical (unpaired) electrons. The lowest BCUT2D eigenvalue weighted by molar-refractivity contribution is -0.0819. The third-order valence-electron chi connectivity index (χ3n) is 2.86. The summed E-state index contributed by atoms with van der Waals surface area (Å²) in [5.41, 5.74) is -0.727. The number of hydrogen-bond acceptors (Lipinski definition) is 3. The zero-order valence-electron chi connectivity index (χ0n) is 7.75. The second-order valence-electron chi connectivity index (χ2n) is 4.00. The molecule has 1 saturated carbocycles. The predicted molar refractivity (Wildman–Crippen MR) is 47.3 cm³/mol. The standard InChI is InChI=1S/C9H19NO2/c1-9(11,7-12-10)8-5-3-2-4-6-8/h8,11H,2-7,10H2,1H3. The van der Waals surface area contributed by atoms with E-state index in [1.165, 1.54) is 19.3 Å². The van der Waals surface area contributed by atoms with Crippen molar-refractivity contribution in [1.82, 2.24) is 0 Å². The highest BCUT2D eigenvalue weighted by Crippen LogP contribution is 2.32. The summed E-state index contributed by atoms with van der Waals surface area (Å²) < 4.78 is 0. The smallest absolute Gasteiger partial charge is 0.0966 e. The molecule has 12 heavy (non-hydrogen) atoms. The van der Waals surface area contributed by atoms with Gasteiger partial charge in [-0.25, -0.2) is 5.90 Å². The molecule has 1 aliphatic rings. The second-order valence-corrected chi connectivity index (χ2v) is 4.00. The minimum Gasteiger partial charge on any atom is -0.387 e. The average Bonchev–Trinajstić information content (AvgIpc) is 2.06. The molecular formula is C9H19NO2. The first kappa shape index (κ1) is 9.96. The molecule has 72 valence electrons. The minimum atomic E-state index is -0.727. The highest BCUT2D eigenvalue weighted by atomic mass is 16.6. The van der Waals surface area contributed by atoms with Crippen molar-refractivity contribution in [1.29, 1.82) is 0 Å². The lowest BCUT2D eigenvalue weighted by atomic mass is 9.78. The van der Waals surface area contributed by atoms with Crippen LogP contribution < -0.4 is 5.90 Å². The second kappa shape index (κ2) is 4.21. The van der Waals surface area contributed by atoms with Gasteiger partial charge in [0.25, 0.3) is 0 Å². The van der Waals surface area contributed by atoms with Crippen LogP contribution in [-0.2, 0) is 4.84 Å². The molecule has 3 nitrogen and oxygen atoms in total. The molecule has 3 heteroatoms. The van der Waals surface area contributed by atoms with Gasteiger partial charge < -0.3 is 9.94 Å². The average molecular weight is 173 g/mol. The topological polar surface area (TPSA) is 55.5 Å². The molecule has 0 bridgehead atoms. The Labute approximate surface area is 73.9 Å². The summed E-state index contributed by atoms with van der Waals surface area (Å²) in [5.74, 6) is 5.33. The third kappa shape index (κ3) is 2.44. The van der Waals surface area contributed by atoms with Gasteiger partial charge in [-0.3, -0.25) is 0 Å². The zero-order chi connectivity index (χ0) is 9.03. The van der Waals surface area contributed by atoms with Gasteiger partial charge in [-0.05, 0) is 25.7 Å². The van der Waals surface area contributed by atoms with Gasteiger partial charge in [-0.15, -0.1) is 0 Å². The quantitative estimate of drug-likeness (QED) is 0.631. The monoisotopic (exact) mass is 173 g/mol. The molecule has 0 aliphatic heterocycles. The molecule has 1 aliphatic carbocycles. The first-order chi connectivity index (χ1) is 5.67. The molecule has 1 rings (SSSR count). The summed E-state index contributed by atoms with van der Waals surface area (Å²) in [6, 6.07) is 0. The highest BCUT2D eigenvalue weighted by molar-refractivity contribution is 4.83. The van der Waals surface area contributed by atoms with Crippen LogP contribution in [0.5, 0.6) is 0 Å². The Morgan fingerprint density at radius 2 is 2.00 bits per heavy atom. The van der Waals surface area contributed by atoms with E-state index in [1.807, 2.05) is 6.92 Å². The van der Waals surface area contributed by atoms with Crippen molar-refractivity contribution < 1.29 is 9.94 Å². The fraction of sp³-hybridized carbons (Fsp3) is 1.00. The number of aliphatic hydroxyl groups is 1. The van der Waals surface area contributed by atoms with Crippen LogP contribution in [0.15, 0.2) is 0 Å². The van der Waals surface area contributed by atoms with Crippen LogP contribution in [0.2, 0.25) is 0 Å². The van der Waals surface area contributed by atoms with Gasteiger partial charge in [-0.1, -0.05) is 19.3 Å². The molecular weight excluding hydrogens is 154 g/mol. The summed E-state index contributed by atoms with van der Waals surface area (Å²) in [4.78, 5) is 4.51. The SMILES string of the molecule is CC(O)(CON)C1CCCCC1. The normalized spacial score (nSPS) is 25.2. The molecule has 0 saturated heterocycles. The van der Waals surface area contributed by atoms with Crippen molar-refractivity contribution in [3.63, 3.8) is 0 Å². The molecule has 0 aromatic rings. The molecule has 0 aromatic carbocycles. The molecule has 1 unspecified atom stereocenters. The van der Waals surface area contributed by atoms with Crippen molar-refractivity contribution in [2.24, 2.45) is 11.8 Å². The van der Waals surface area contributed by atoms with E-state index in [0.29, 0.717) is 5.92 Å². The Bertz CT molecular complexity index is 130. The van der Waals surface area contributed by atoms with Gasteiger partial charge in [-0.2, -0.15) is 0 Å². The van der Waals surface area contributed by atoms with Crippen molar-refractivity contribution in [3.05, 3.63) is 0 Å². The van der Waals surface area contributed by atoms with Crippen LogP contribution in [-0.4, -0.2) is 17.3 Å². The summed E-state index contributed by atoms with van der Waals surface area (Å²) >= 11 is 0. The van der Waals surface area contributed by atoms with Crippen LogP contribution >= 0.6 is 0 Å². The molecule has 3 N–H and O–H groups in total. The van der Waals surface area contributed by atoms with E-state index in [1.54, 1.807) is 0 Å². The number of nitrogens with two attached hydrogens (primary N) is 1. The summed E-state index contributed by atoms with van der Waals surface area (Å²) in [6.45, 7) is 2.06. The molecule has 1 atom stereocenters. The van der Waals surface area contributed by atoms with Gasteiger partial charge >= 0.3 is 0 Å². The van der Waals surface area contributed by atoms with E-state index in [4.69, 9.17) is 5.90 Å². The lowest BCUT2D eigenvalue weighted by Crippen LogP contribution is -2.41. The fourth-order valence-electron chi connectivity index (χ4n) is 2.01.